The van der Waals surface area contributed by atoms with Crippen LogP contribution in [0.25, 0.3) is 11.2 Å². The molecule has 108 valence electrons. The van der Waals surface area contributed by atoms with Crippen molar-refractivity contribution in [3.63, 3.8) is 0 Å². The largest absolute Gasteiger partial charge is 0.493 e. The number of hydrogen-bond acceptors (Lipinski definition) is 5. The Morgan fingerprint density at radius 2 is 2.05 bits per heavy atom. The molecule has 6 nitrogen and oxygen atoms in total. The minimum Gasteiger partial charge on any atom is -0.493 e. The lowest BCUT2D eigenvalue weighted by Crippen LogP contribution is -2.05. The molecule has 2 aromatic heterocycles. The molecule has 2 N–H and O–H groups in total. The van der Waals surface area contributed by atoms with Crippen LogP contribution in [0.5, 0.6) is 5.75 Å². The van der Waals surface area contributed by atoms with Gasteiger partial charge in [0, 0.05) is 6.54 Å². The van der Waals surface area contributed by atoms with Crippen molar-refractivity contribution >= 4 is 17.0 Å². The SMILES string of the molecule is Cc1ccccc1OCCCn1cnc2c(N)ncnc21. The summed E-state index contributed by atoms with van der Waals surface area (Å²) in [5, 5.41) is 0. The van der Waals surface area contributed by atoms with E-state index >= 15 is 0 Å². The van der Waals surface area contributed by atoms with Crippen LogP contribution in [0, 0.1) is 6.92 Å². The molecule has 0 atom stereocenters. The van der Waals surface area contributed by atoms with Crippen LogP contribution in [-0.2, 0) is 6.54 Å². The highest BCUT2D eigenvalue weighted by atomic mass is 16.5. The average molecular weight is 283 g/mol. The van der Waals surface area contributed by atoms with Crippen molar-refractivity contribution < 1.29 is 4.74 Å². The summed E-state index contributed by atoms with van der Waals surface area (Å²) in [6, 6.07) is 8.00. The van der Waals surface area contributed by atoms with Crippen molar-refractivity contribution in [1.29, 1.82) is 0 Å². The van der Waals surface area contributed by atoms with E-state index in [1.54, 1.807) is 6.33 Å². The van der Waals surface area contributed by atoms with Gasteiger partial charge in [0.15, 0.2) is 11.5 Å². The predicted octanol–water partition coefficient (Wildman–Crippen LogP) is 2.19. The van der Waals surface area contributed by atoms with E-state index in [9.17, 15) is 0 Å². The Morgan fingerprint density at radius 1 is 1.19 bits per heavy atom. The molecule has 0 saturated heterocycles. The molecule has 0 aliphatic carbocycles. The van der Waals surface area contributed by atoms with Crippen LogP contribution in [-0.4, -0.2) is 26.1 Å². The quantitative estimate of drug-likeness (QED) is 0.726. The number of nitrogens with zero attached hydrogens (tertiary/aromatic N) is 4. The standard InChI is InChI=1S/C15H17N5O/c1-11-5-2-3-6-12(11)21-8-4-7-20-10-19-13-14(16)17-9-18-15(13)20/h2-3,5-6,9-10H,4,7-8H2,1H3,(H2,16,17,18). The molecule has 2 heterocycles. The van der Waals surface area contributed by atoms with Crippen LogP contribution in [0.4, 0.5) is 5.82 Å². The number of nitrogens with two attached hydrogens (primary N) is 1. The monoisotopic (exact) mass is 283 g/mol. The number of rotatable bonds is 5. The number of imidazole rings is 1. The first kappa shape index (κ1) is 13.4. The fourth-order valence-corrected chi connectivity index (χ4v) is 2.20. The maximum atomic E-state index is 5.78. The van der Waals surface area contributed by atoms with E-state index < -0.39 is 0 Å². The van der Waals surface area contributed by atoms with Crippen LogP contribution in [0.3, 0.4) is 0 Å². The summed E-state index contributed by atoms with van der Waals surface area (Å²) in [7, 11) is 0. The van der Waals surface area contributed by atoms with Gasteiger partial charge in [0.2, 0.25) is 0 Å². The molecule has 0 aliphatic heterocycles. The summed E-state index contributed by atoms with van der Waals surface area (Å²) in [5.41, 5.74) is 8.32. The molecule has 0 unspecified atom stereocenters. The van der Waals surface area contributed by atoms with Gasteiger partial charge in [-0.1, -0.05) is 18.2 Å². The van der Waals surface area contributed by atoms with Gasteiger partial charge in [0.05, 0.1) is 12.9 Å². The van der Waals surface area contributed by atoms with Crippen LogP contribution < -0.4 is 10.5 Å². The number of fused-ring (bicyclic) bond motifs is 1. The second-order valence-corrected chi connectivity index (χ2v) is 4.84. The zero-order chi connectivity index (χ0) is 14.7. The fraction of sp³-hybridized carbons (Fsp3) is 0.267. The number of ether oxygens (including phenoxy) is 1. The second kappa shape index (κ2) is 5.78. The zero-order valence-electron chi connectivity index (χ0n) is 11.9. The number of aromatic nitrogens is 4. The van der Waals surface area contributed by atoms with E-state index in [0.29, 0.717) is 17.9 Å². The van der Waals surface area contributed by atoms with Gasteiger partial charge in [0.25, 0.3) is 0 Å². The molecule has 0 aliphatic rings. The van der Waals surface area contributed by atoms with E-state index in [-0.39, 0.29) is 0 Å². The molecule has 6 heteroatoms. The van der Waals surface area contributed by atoms with E-state index in [1.165, 1.54) is 6.33 Å². The van der Waals surface area contributed by atoms with Crippen molar-refractivity contribution in [2.75, 3.05) is 12.3 Å². The Hall–Kier alpha value is -2.63. The van der Waals surface area contributed by atoms with Crippen LogP contribution >= 0.6 is 0 Å². The van der Waals surface area contributed by atoms with Crippen molar-refractivity contribution in [3.05, 3.63) is 42.5 Å². The van der Waals surface area contributed by atoms with Gasteiger partial charge in [0.1, 0.15) is 17.6 Å². The lowest BCUT2D eigenvalue weighted by molar-refractivity contribution is 0.300. The average Bonchev–Trinajstić information content (AvgIpc) is 2.90. The number of nitrogen functional groups attached to an aromatic ring is 1. The summed E-state index contributed by atoms with van der Waals surface area (Å²) < 4.78 is 7.75. The molecule has 0 amide bonds. The summed E-state index contributed by atoms with van der Waals surface area (Å²) in [5.74, 6) is 1.34. The molecule has 3 aromatic rings. The maximum Gasteiger partial charge on any atom is 0.165 e. The summed E-state index contributed by atoms with van der Waals surface area (Å²) in [6.07, 6.45) is 4.06. The summed E-state index contributed by atoms with van der Waals surface area (Å²) >= 11 is 0. The molecule has 21 heavy (non-hydrogen) atoms. The smallest absolute Gasteiger partial charge is 0.165 e. The van der Waals surface area contributed by atoms with Gasteiger partial charge in [-0.3, -0.25) is 0 Å². The van der Waals surface area contributed by atoms with Gasteiger partial charge in [-0.05, 0) is 25.0 Å². The molecule has 3 rings (SSSR count). The third-order valence-corrected chi connectivity index (χ3v) is 3.32. The van der Waals surface area contributed by atoms with Crippen LogP contribution in [0.15, 0.2) is 36.9 Å². The number of hydrogen-bond donors (Lipinski definition) is 1. The van der Waals surface area contributed by atoms with Crippen LogP contribution in [0.1, 0.15) is 12.0 Å². The fourth-order valence-electron chi connectivity index (χ4n) is 2.20. The van der Waals surface area contributed by atoms with Gasteiger partial charge in [-0.15, -0.1) is 0 Å². The highest BCUT2D eigenvalue weighted by Crippen LogP contribution is 2.17. The van der Waals surface area contributed by atoms with Gasteiger partial charge in [-0.25, -0.2) is 15.0 Å². The van der Waals surface area contributed by atoms with Gasteiger partial charge in [-0.2, -0.15) is 0 Å². The van der Waals surface area contributed by atoms with Gasteiger partial charge < -0.3 is 15.0 Å². The lowest BCUT2D eigenvalue weighted by atomic mass is 10.2. The number of anilines is 1. The molecule has 0 radical (unpaired) electrons. The second-order valence-electron chi connectivity index (χ2n) is 4.84. The molecular formula is C15H17N5O. The van der Waals surface area contributed by atoms with E-state index in [2.05, 4.69) is 15.0 Å². The van der Waals surface area contributed by atoms with Crippen molar-refractivity contribution in [2.24, 2.45) is 0 Å². The van der Waals surface area contributed by atoms with Crippen molar-refractivity contribution in [1.82, 2.24) is 19.5 Å². The Balaban J connectivity index is 1.60. The molecule has 0 saturated carbocycles. The molecular weight excluding hydrogens is 266 g/mol. The molecule has 0 fully saturated rings. The van der Waals surface area contributed by atoms with Crippen LogP contribution in [0.2, 0.25) is 0 Å². The summed E-state index contributed by atoms with van der Waals surface area (Å²) in [4.78, 5) is 12.4. The van der Waals surface area contributed by atoms with E-state index in [4.69, 9.17) is 10.5 Å². The first-order chi connectivity index (χ1) is 10.3. The summed E-state index contributed by atoms with van der Waals surface area (Å²) in [6.45, 7) is 3.46. The first-order valence-electron chi connectivity index (χ1n) is 6.85. The van der Waals surface area contributed by atoms with Crippen molar-refractivity contribution in [2.45, 2.75) is 19.9 Å². The Labute approximate surface area is 122 Å². The number of benzene rings is 1. The van der Waals surface area contributed by atoms with E-state index in [1.807, 2.05) is 35.8 Å². The first-order valence-corrected chi connectivity index (χ1v) is 6.85. The number of aryl methyl sites for hydroxylation is 2. The zero-order valence-corrected chi connectivity index (χ0v) is 11.9. The van der Waals surface area contributed by atoms with Gasteiger partial charge >= 0.3 is 0 Å². The Bertz CT molecular complexity index is 753. The minimum atomic E-state index is 0.412. The topological polar surface area (TPSA) is 78.9 Å². The van der Waals surface area contributed by atoms with Crippen molar-refractivity contribution in [3.8, 4) is 5.75 Å². The molecule has 0 spiro atoms. The highest BCUT2D eigenvalue weighted by Gasteiger charge is 2.07. The lowest BCUT2D eigenvalue weighted by Gasteiger charge is -2.09. The highest BCUT2D eigenvalue weighted by molar-refractivity contribution is 5.80. The third kappa shape index (κ3) is 2.79. The predicted molar refractivity (Wildman–Crippen MR) is 81.0 cm³/mol. The Morgan fingerprint density at radius 3 is 2.90 bits per heavy atom. The van der Waals surface area contributed by atoms with E-state index in [0.717, 1.165) is 29.9 Å². The normalized spacial score (nSPS) is 10.9. The Kier molecular flexibility index (Phi) is 3.68. The minimum absolute atomic E-state index is 0.412. The maximum absolute atomic E-state index is 5.78. The molecule has 0 bridgehead atoms. The molecule has 1 aromatic carbocycles. The number of para-hydroxylation sites is 1. The third-order valence-electron chi connectivity index (χ3n) is 3.32.